The Morgan fingerprint density at radius 3 is 2.40 bits per heavy atom. The lowest BCUT2D eigenvalue weighted by Crippen LogP contribution is -2.20. The van der Waals surface area contributed by atoms with Gasteiger partial charge in [0.25, 0.3) is 11.8 Å². The summed E-state index contributed by atoms with van der Waals surface area (Å²) in [4.78, 5) is 41.1. The van der Waals surface area contributed by atoms with Crippen LogP contribution in [0, 0.1) is 6.92 Å². The maximum Gasteiger partial charge on any atom is 0.259 e. The molecule has 0 spiro atoms. The molecule has 0 unspecified atom stereocenters. The number of hydrogen-bond acceptors (Lipinski definition) is 6. The van der Waals surface area contributed by atoms with Gasteiger partial charge in [-0.15, -0.1) is 0 Å². The summed E-state index contributed by atoms with van der Waals surface area (Å²) >= 11 is 1.05. The molecule has 0 fully saturated rings. The predicted molar refractivity (Wildman–Crippen MR) is 118 cm³/mol. The molecule has 0 atom stereocenters. The van der Waals surface area contributed by atoms with Gasteiger partial charge in [0, 0.05) is 11.3 Å². The molecule has 2 aromatic carbocycles. The summed E-state index contributed by atoms with van der Waals surface area (Å²) < 4.78 is 0. The molecular formula is C22H20N4O3S. The number of aryl methyl sites for hydroxylation is 1. The number of amides is 2. The number of nitrogens with one attached hydrogen (secondary N) is 1. The first-order chi connectivity index (χ1) is 14.3. The molecule has 30 heavy (non-hydrogen) atoms. The van der Waals surface area contributed by atoms with Gasteiger partial charge in [-0.2, -0.15) is 0 Å². The second kappa shape index (κ2) is 9.23. The van der Waals surface area contributed by atoms with Crippen molar-refractivity contribution in [1.82, 2.24) is 4.98 Å². The Kier molecular flexibility index (Phi) is 6.48. The van der Waals surface area contributed by atoms with Crippen LogP contribution in [0.3, 0.4) is 0 Å². The zero-order valence-electron chi connectivity index (χ0n) is 16.2. The highest BCUT2D eigenvalue weighted by molar-refractivity contribution is 8.00. The minimum atomic E-state index is -0.762. The number of Topliss-reactive ketones (excluding diaryl/α,β-unsaturated/α-hetero) is 1. The number of thioether (sulfide) groups is 1. The number of rotatable bonds is 7. The van der Waals surface area contributed by atoms with Crippen molar-refractivity contribution in [3.63, 3.8) is 0 Å². The standard InChI is InChI=1S/C22H20N4O3S/c1-13-6-5-9-15(10-13)25-21(29)16-11-17(20(24)28)22(26-19(16)23)30-12-18(27)14-7-3-2-4-8-14/h2-11H,12H2,1H3,(H2,23,26)(H2,24,28)(H,25,29). The van der Waals surface area contributed by atoms with Gasteiger partial charge in [-0.25, -0.2) is 4.98 Å². The Bertz CT molecular complexity index is 1120. The molecule has 0 saturated heterocycles. The van der Waals surface area contributed by atoms with E-state index in [4.69, 9.17) is 11.5 Å². The van der Waals surface area contributed by atoms with Crippen molar-refractivity contribution in [2.45, 2.75) is 11.9 Å². The smallest absolute Gasteiger partial charge is 0.259 e. The minimum absolute atomic E-state index is 0.0315. The quantitative estimate of drug-likeness (QED) is 0.397. The summed E-state index contributed by atoms with van der Waals surface area (Å²) in [5.41, 5.74) is 13.6. The van der Waals surface area contributed by atoms with Crippen LogP contribution >= 0.6 is 11.8 Å². The molecule has 2 amide bonds. The molecular weight excluding hydrogens is 400 g/mol. The van der Waals surface area contributed by atoms with Crippen molar-refractivity contribution < 1.29 is 14.4 Å². The first-order valence-electron chi connectivity index (χ1n) is 9.04. The average Bonchev–Trinajstić information content (AvgIpc) is 2.72. The zero-order valence-corrected chi connectivity index (χ0v) is 17.0. The van der Waals surface area contributed by atoms with Crippen LogP contribution in [-0.4, -0.2) is 28.3 Å². The van der Waals surface area contributed by atoms with E-state index in [1.54, 1.807) is 36.4 Å². The van der Waals surface area contributed by atoms with Gasteiger partial charge in [-0.1, -0.05) is 54.2 Å². The Balaban J connectivity index is 1.82. The van der Waals surface area contributed by atoms with E-state index in [1.165, 1.54) is 6.07 Å². The van der Waals surface area contributed by atoms with E-state index in [2.05, 4.69) is 10.3 Å². The van der Waals surface area contributed by atoms with Crippen molar-refractivity contribution in [1.29, 1.82) is 0 Å². The van der Waals surface area contributed by atoms with Crippen LogP contribution in [0.15, 0.2) is 65.7 Å². The van der Waals surface area contributed by atoms with Crippen LogP contribution in [0.4, 0.5) is 11.5 Å². The van der Waals surface area contributed by atoms with Gasteiger partial charge in [0.2, 0.25) is 0 Å². The minimum Gasteiger partial charge on any atom is -0.383 e. The molecule has 3 rings (SSSR count). The van der Waals surface area contributed by atoms with Crippen LogP contribution < -0.4 is 16.8 Å². The second-order valence-corrected chi connectivity index (χ2v) is 7.50. The summed E-state index contributed by atoms with van der Waals surface area (Å²) in [5, 5.41) is 2.93. The molecule has 0 bridgehead atoms. The fourth-order valence-corrected chi connectivity index (χ4v) is 3.65. The van der Waals surface area contributed by atoms with Crippen LogP contribution in [-0.2, 0) is 0 Å². The first-order valence-corrected chi connectivity index (χ1v) is 10.0. The number of ketones is 1. The Morgan fingerprint density at radius 1 is 1.00 bits per heavy atom. The Hall–Kier alpha value is -3.65. The Labute approximate surface area is 177 Å². The SMILES string of the molecule is Cc1cccc(NC(=O)c2cc(C(N)=O)c(SCC(=O)c3ccccc3)nc2N)c1. The van der Waals surface area contributed by atoms with Crippen LogP contribution in [0.5, 0.6) is 0 Å². The lowest BCUT2D eigenvalue weighted by atomic mass is 10.1. The van der Waals surface area contributed by atoms with E-state index in [-0.39, 0.29) is 33.5 Å². The number of aromatic nitrogens is 1. The number of hydrogen-bond donors (Lipinski definition) is 3. The molecule has 0 saturated carbocycles. The lowest BCUT2D eigenvalue weighted by Gasteiger charge is -2.12. The maximum absolute atomic E-state index is 12.6. The molecule has 152 valence electrons. The molecule has 8 heteroatoms. The number of anilines is 2. The van der Waals surface area contributed by atoms with Crippen LogP contribution in [0.25, 0.3) is 0 Å². The highest BCUT2D eigenvalue weighted by Crippen LogP contribution is 2.26. The van der Waals surface area contributed by atoms with E-state index in [0.29, 0.717) is 11.3 Å². The van der Waals surface area contributed by atoms with Crippen LogP contribution in [0.2, 0.25) is 0 Å². The number of carbonyl (C=O) groups excluding carboxylic acids is 3. The summed E-state index contributed by atoms with van der Waals surface area (Å²) in [6, 6.07) is 17.3. The normalized spacial score (nSPS) is 10.4. The largest absolute Gasteiger partial charge is 0.383 e. The summed E-state index contributed by atoms with van der Waals surface area (Å²) in [6.07, 6.45) is 0. The lowest BCUT2D eigenvalue weighted by molar-refractivity contribution is 0.0992. The molecule has 7 nitrogen and oxygen atoms in total. The Morgan fingerprint density at radius 2 is 1.73 bits per heavy atom. The summed E-state index contributed by atoms with van der Waals surface area (Å²) in [5.74, 6) is -1.41. The number of primary amides is 1. The van der Waals surface area contributed by atoms with E-state index < -0.39 is 11.8 Å². The fraction of sp³-hybridized carbons (Fsp3) is 0.0909. The first kappa shape index (κ1) is 21.1. The number of nitrogens with two attached hydrogens (primary N) is 2. The number of nitrogens with zero attached hydrogens (tertiary/aromatic N) is 1. The number of pyridine rings is 1. The molecule has 1 heterocycles. The third-order valence-corrected chi connectivity index (χ3v) is 5.23. The van der Waals surface area contributed by atoms with Crippen molar-refractivity contribution in [2.75, 3.05) is 16.8 Å². The topological polar surface area (TPSA) is 128 Å². The highest BCUT2D eigenvalue weighted by atomic mass is 32.2. The van der Waals surface area contributed by atoms with Gasteiger partial charge >= 0.3 is 0 Å². The molecule has 0 aliphatic rings. The van der Waals surface area contributed by atoms with Gasteiger partial charge in [0.05, 0.1) is 16.9 Å². The number of carbonyl (C=O) groups is 3. The van der Waals surface area contributed by atoms with Crippen molar-refractivity contribution in [2.24, 2.45) is 5.73 Å². The molecule has 3 aromatic rings. The van der Waals surface area contributed by atoms with Crippen molar-refractivity contribution in [3.05, 3.63) is 82.9 Å². The van der Waals surface area contributed by atoms with Crippen molar-refractivity contribution >= 4 is 40.9 Å². The molecule has 0 aliphatic carbocycles. The third-order valence-electron chi connectivity index (χ3n) is 4.24. The molecule has 0 aliphatic heterocycles. The maximum atomic E-state index is 12.6. The van der Waals surface area contributed by atoms with E-state index in [1.807, 2.05) is 25.1 Å². The average molecular weight is 420 g/mol. The summed E-state index contributed by atoms with van der Waals surface area (Å²) in [6.45, 7) is 1.90. The number of benzene rings is 2. The molecule has 5 N–H and O–H groups in total. The number of nitrogen functional groups attached to an aromatic ring is 1. The fourth-order valence-electron chi connectivity index (χ4n) is 2.74. The van der Waals surface area contributed by atoms with E-state index >= 15 is 0 Å². The van der Waals surface area contributed by atoms with Gasteiger partial charge in [-0.3, -0.25) is 14.4 Å². The van der Waals surface area contributed by atoms with E-state index in [9.17, 15) is 14.4 Å². The summed E-state index contributed by atoms with van der Waals surface area (Å²) in [7, 11) is 0. The third kappa shape index (κ3) is 5.03. The molecule has 0 radical (unpaired) electrons. The molecule has 1 aromatic heterocycles. The van der Waals surface area contributed by atoms with Crippen molar-refractivity contribution in [3.8, 4) is 0 Å². The predicted octanol–water partition coefficient (Wildman–Crippen LogP) is 3.30. The zero-order chi connectivity index (χ0) is 21.7. The van der Waals surface area contributed by atoms with Gasteiger partial charge in [0.1, 0.15) is 10.8 Å². The van der Waals surface area contributed by atoms with E-state index in [0.717, 1.165) is 17.3 Å². The second-order valence-electron chi connectivity index (χ2n) is 6.54. The monoisotopic (exact) mass is 420 g/mol. The highest BCUT2D eigenvalue weighted by Gasteiger charge is 2.20. The van der Waals surface area contributed by atoms with Gasteiger partial charge in [0.15, 0.2) is 5.78 Å². The van der Waals surface area contributed by atoms with Gasteiger partial charge < -0.3 is 16.8 Å². The van der Waals surface area contributed by atoms with Gasteiger partial charge in [-0.05, 0) is 30.7 Å². The van der Waals surface area contributed by atoms with Crippen LogP contribution in [0.1, 0.15) is 36.6 Å².